The van der Waals surface area contributed by atoms with Crippen molar-refractivity contribution in [2.45, 2.75) is 59.5 Å². The molecule has 2 fully saturated rings. The van der Waals surface area contributed by atoms with E-state index in [0.29, 0.717) is 21.4 Å². The number of aromatic nitrogens is 6. The van der Waals surface area contributed by atoms with E-state index in [1.165, 1.54) is 70.6 Å². The van der Waals surface area contributed by atoms with E-state index in [1.807, 2.05) is 0 Å². The molecule has 0 radical (unpaired) electrons. The van der Waals surface area contributed by atoms with Gasteiger partial charge in [-0.25, -0.2) is 19.3 Å². The lowest BCUT2D eigenvalue weighted by atomic mass is 9.91. The van der Waals surface area contributed by atoms with Gasteiger partial charge in [-0.05, 0) is 44.8 Å². The molecule has 2 aliphatic heterocycles. The summed E-state index contributed by atoms with van der Waals surface area (Å²) in [5.41, 5.74) is -0.764. The molecule has 0 aliphatic carbocycles. The Morgan fingerprint density at radius 3 is 1.36 bits per heavy atom. The third-order valence-electron chi connectivity index (χ3n) is 9.03. The van der Waals surface area contributed by atoms with Crippen LogP contribution in [0.3, 0.4) is 0 Å². The van der Waals surface area contributed by atoms with E-state index in [-0.39, 0.29) is 34.3 Å². The maximum absolute atomic E-state index is 13.4. The fourth-order valence-electron chi connectivity index (χ4n) is 6.57. The average molecular weight is 854 g/mol. The molecule has 0 saturated carbocycles. The molecule has 4 aromatic carbocycles. The SMILES string of the molecule is FC(F)(F)Oc1c(Cl)cccc1C1OC1(Cn1ncnc1SSc1ncnn1CC1(c2ccccc2)OC1c1cccc(Cl)c1OC(F)(F)F)c1ccccc1. The zero-order chi connectivity index (χ0) is 39.3. The molecule has 20 heteroatoms. The topological polar surface area (TPSA) is 105 Å². The van der Waals surface area contributed by atoms with E-state index in [1.54, 1.807) is 70.0 Å². The van der Waals surface area contributed by atoms with E-state index < -0.39 is 47.6 Å². The first-order valence-corrected chi connectivity index (χ1v) is 19.3. The number of hydrogen-bond acceptors (Lipinski definition) is 10. The van der Waals surface area contributed by atoms with E-state index in [9.17, 15) is 26.3 Å². The van der Waals surface area contributed by atoms with Gasteiger partial charge in [0.15, 0.2) is 21.8 Å². The van der Waals surface area contributed by atoms with Crippen molar-refractivity contribution in [3.8, 4) is 11.5 Å². The number of alkyl halides is 6. The standard InChI is InChI=1S/C36H24Cl2F6N6O4S2/c37-25-15-7-13-23(27(25)51-35(39,40)41)29-33(53-29,21-9-3-1-4-10-21)17-49-31(45-19-47-49)55-56-32-46-20-48-50(32)18-34(22-11-5-2-6-12-22)30(54-34)24-14-8-16-26(38)28(24)52-36(42,43)44/h1-16,19-20,29-30H,17-18H2. The summed E-state index contributed by atoms with van der Waals surface area (Å²) in [7, 11) is 2.36. The third kappa shape index (κ3) is 7.77. The lowest BCUT2D eigenvalue weighted by Crippen LogP contribution is -2.22. The molecular weight excluding hydrogens is 829 g/mol. The zero-order valence-electron chi connectivity index (χ0n) is 28.1. The van der Waals surface area contributed by atoms with Crippen LogP contribution in [0.4, 0.5) is 26.3 Å². The minimum absolute atomic E-state index is 0.0455. The van der Waals surface area contributed by atoms with Gasteiger partial charge in [0, 0.05) is 11.1 Å². The summed E-state index contributed by atoms with van der Waals surface area (Å²) in [6, 6.07) is 26.5. The highest BCUT2D eigenvalue weighted by molar-refractivity contribution is 8.76. The number of ether oxygens (including phenoxy) is 4. The van der Waals surface area contributed by atoms with Gasteiger partial charge >= 0.3 is 12.7 Å². The average Bonchev–Trinajstić information content (AvgIpc) is 3.94. The summed E-state index contributed by atoms with van der Waals surface area (Å²) in [4.78, 5) is 8.81. The lowest BCUT2D eigenvalue weighted by molar-refractivity contribution is -0.275. The van der Waals surface area contributed by atoms with Crippen molar-refractivity contribution in [3.05, 3.63) is 142 Å². The van der Waals surface area contributed by atoms with Crippen LogP contribution in [0.25, 0.3) is 0 Å². The van der Waals surface area contributed by atoms with Crippen LogP contribution in [0.5, 0.6) is 11.5 Å². The molecule has 2 saturated heterocycles. The van der Waals surface area contributed by atoms with E-state index in [2.05, 4.69) is 29.6 Å². The number of nitrogens with zero attached hydrogens (tertiary/aromatic N) is 6. The van der Waals surface area contributed by atoms with Crippen LogP contribution in [0, 0.1) is 0 Å². The van der Waals surface area contributed by atoms with Crippen LogP contribution in [-0.4, -0.2) is 42.3 Å². The molecule has 2 aromatic heterocycles. The molecule has 2 aliphatic rings. The van der Waals surface area contributed by atoms with Crippen molar-refractivity contribution in [2.75, 3.05) is 0 Å². The normalized spacial score (nSPS) is 21.9. The molecular formula is C36H24Cl2F6N6O4S2. The largest absolute Gasteiger partial charge is 0.573 e. The first-order valence-electron chi connectivity index (χ1n) is 16.4. The molecule has 290 valence electrons. The maximum Gasteiger partial charge on any atom is 0.573 e. The van der Waals surface area contributed by atoms with E-state index in [4.69, 9.17) is 32.7 Å². The Labute approximate surface area is 331 Å². The van der Waals surface area contributed by atoms with Crippen LogP contribution < -0.4 is 9.47 Å². The van der Waals surface area contributed by atoms with Crippen molar-refractivity contribution in [3.63, 3.8) is 0 Å². The monoisotopic (exact) mass is 852 g/mol. The highest BCUT2D eigenvalue weighted by Crippen LogP contribution is 2.62. The Hall–Kier alpha value is -4.46. The second-order valence-electron chi connectivity index (χ2n) is 12.5. The second-order valence-corrected chi connectivity index (χ2v) is 15.4. The number of halogens is 8. The van der Waals surface area contributed by atoms with Gasteiger partial charge < -0.3 is 18.9 Å². The Kier molecular flexibility index (Phi) is 10.2. The minimum Gasteiger partial charge on any atom is -0.404 e. The zero-order valence-corrected chi connectivity index (χ0v) is 31.3. The summed E-state index contributed by atoms with van der Waals surface area (Å²) in [6.45, 7) is 0.0909. The van der Waals surface area contributed by atoms with Gasteiger partial charge in [0.25, 0.3) is 0 Å². The first-order chi connectivity index (χ1) is 26.8. The Morgan fingerprint density at radius 2 is 0.982 bits per heavy atom. The summed E-state index contributed by atoms with van der Waals surface area (Å²) >= 11 is 12.4. The van der Waals surface area contributed by atoms with Gasteiger partial charge in [-0.3, -0.25) is 0 Å². The van der Waals surface area contributed by atoms with Crippen LogP contribution in [0.1, 0.15) is 34.5 Å². The van der Waals surface area contributed by atoms with Gasteiger partial charge in [-0.2, -0.15) is 10.2 Å². The maximum atomic E-state index is 13.4. The van der Waals surface area contributed by atoms with Gasteiger partial charge in [0.2, 0.25) is 0 Å². The quantitative estimate of drug-likeness (QED) is 0.0634. The molecule has 8 rings (SSSR count). The Bertz CT molecular complexity index is 2190. The highest BCUT2D eigenvalue weighted by atomic mass is 35.5. The molecule has 10 nitrogen and oxygen atoms in total. The fraction of sp³-hybridized carbons (Fsp3) is 0.222. The fourth-order valence-corrected chi connectivity index (χ4v) is 8.96. The van der Waals surface area contributed by atoms with Crippen molar-refractivity contribution >= 4 is 44.8 Å². The van der Waals surface area contributed by atoms with Crippen LogP contribution >= 0.6 is 44.8 Å². The van der Waals surface area contributed by atoms with Crippen molar-refractivity contribution < 1.29 is 45.3 Å². The molecule has 4 atom stereocenters. The lowest BCUT2D eigenvalue weighted by Gasteiger charge is -2.18. The predicted octanol–water partition coefficient (Wildman–Crippen LogP) is 10.1. The van der Waals surface area contributed by atoms with Gasteiger partial charge in [0.1, 0.15) is 36.1 Å². The molecule has 6 aromatic rings. The van der Waals surface area contributed by atoms with Gasteiger partial charge in [-0.1, -0.05) is 108 Å². The molecule has 0 N–H and O–H groups in total. The third-order valence-corrected chi connectivity index (χ3v) is 11.8. The van der Waals surface area contributed by atoms with Crippen LogP contribution in [-0.2, 0) is 33.8 Å². The van der Waals surface area contributed by atoms with Crippen molar-refractivity contribution in [2.24, 2.45) is 0 Å². The molecule has 0 bridgehead atoms. The predicted molar refractivity (Wildman–Crippen MR) is 192 cm³/mol. The summed E-state index contributed by atoms with van der Waals surface area (Å²) < 4.78 is 105. The number of para-hydroxylation sites is 2. The molecule has 0 amide bonds. The second kappa shape index (κ2) is 14.8. The smallest absolute Gasteiger partial charge is 0.404 e. The van der Waals surface area contributed by atoms with E-state index in [0.717, 1.165) is 0 Å². The molecule has 56 heavy (non-hydrogen) atoms. The molecule has 4 heterocycles. The number of hydrogen-bond donors (Lipinski definition) is 0. The Morgan fingerprint density at radius 1 is 0.589 bits per heavy atom. The van der Waals surface area contributed by atoms with E-state index >= 15 is 0 Å². The number of benzene rings is 4. The highest BCUT2D eigenvalue weighted by Gasteiger charge is 2.62. The van der Waals surface area contributed by atoms with Crippen molar-refractivity contribution in [1.82, 2.24) is 29.5 Å². The first kappa shape index (κ1) is 38.4. The molecule has 0 spiro atoms. The van der Waals surface area contributed by atoms with Crippen molar-refractivity contribution in [1.29, 1.82) is 0 Å². The summed E-state index contributed by atoms with van der Waals surface area (Å²) in [5.74, 6) is -1.11. The van der Waals surface area contributed by atoms with Crippen LogP contribution in [0.15, 0.2) is 120 Å². The van der Waals surface area contributed by atoms with Crippen LogP contribution in [0.2, 0.25) is 10.0 Å². The number of epoxide rings is 2. The Balaban J connectivity index is 1.05. The number of rotatable bonds is 13. The van der Waals surface area contributed by atoms with Gasteiger partial charge in [-0.15, -0.1) is 26.3 Å². The van der Waals surface area contributed by atoms with Gasteiger partial charge in [0.05, 0.1) is 23.1 Å². The summed E-state index contributed by atoms with van der Waals surface area (Å²) in [6.07, 6.45) is -9.10. The summed E-state index contributed by atoms with van der Waals surface area (Å²) in [5, 5.41) is 9.14. The molecule has 4 unspecified atom stereocenters. The minimum atomic E-state index is -5.00.